The van der Waals surface area contributed by atoms with Crippen LogP contribution in [0.3, 0.4) is 0 Å². The molecule has 1 saturated heterocycles. The van der Waals surface area contributed by atoms with Crippen molar-refractivity contribution >= 4 is 33.0 Å². The van der Waals surface area contributed by atoms with Gasteiger partial charge in [0.1, 0.15) is 0 Å². The van der Waals surface area contributed by atoms with Gasteiger partial charge in [-0.05, 0) is 32.1 Å². The van der Waals surface area contributed by atoms with E-state index in [0.717, 1.165) is 45.9 Å². The third-order valence-electron chi connectivity index (χ3n) is 5.06. The highest BCUT2D eigenvalue weighted by atomic mass is 35.5. The summed E-state index contributed by atoms with van der Waals surface area (Å²) in [5.74, 6) is 0. The molecule has 0 saturated carbocycles. The lowest BCUT2D eigenvalue weighted by atomic mass is 10.2. The van der Waals surface area contributed by atoms with Gasteiger partial charge in [-0.25, -0.2) is 9.50 Å². The highest BCUT2D eigenvalue weighted by molar-refractivity contribution is 7.20. The van der Waals surface area contributed by atoms with Crippen molar-refractivity contribution in [1.29, 1.82) is 0 Å². The smallest absolute Gasteiger partial charge is 0.214 e. The zero-order valence-electron chi connectivity index (χ0n) is 15.8. The molecule has 1 aromatic carbocycles. The van der Waals surface area contributed by atoms with Gasteiger partial charge >= 0.3 is 0 Å². The molecule has 0 amide bonds. The monoisotopic (exact) mass is 404 g/mol. The number of hydrogen-bond acceptors (Lipinski definition) is 6. The van der Waals surface area contributed by atoms with Crippen LogP contribution in [0.2, 0.25) is 5.02 Å². The molecule has 8 heteroatoms. The number of rotatable bonds is 6. The van der Waals surface area contributed by atoms with E-state index in [9.17, 15) is 0 Å². The van der Waals surface area contributed by atoms with Crippen molar-refractivity contribution in [2.24, 2.45) is 0 Å². The molecule has 4 rings (SSSR count). The first-order chi connectivity index (χ1) is 13.1. The summed E-state index contributed by atoms with van der Waals surface area (Å²) in [6.45, 7) is 6.87. The summed E-state index contributed by atoms with van der Waals surface area (Å²) in [6, 6.07) is 7.75. The fourth-order valence-electron chi connectivity index (χ4n) is 3.30. The minimum absolute atomic E-state index is 0.735. The van der Waals surface area contributed by atoms with E-state index < -0.39 is 0 Å². The molecule has 3 aromatic rings. The molecular weight excluding hydrogens is 380 g/mol. The van der Waals surface area contributed by atoms with Gasteiger partial charge in [-0.15, -0.1) is 5.10 Å². The fourth-order valence-corrected chi connectivity index (χ4v) is 4.30. The number of piperazine rings is 1. The first-order valence-electron chi connectivity index (χ1n) is 9.33. The minimum Gasteiger partial charge on any atom is -0.350 e. The molecule has 0 spiro atoms. The van der Waals surface area contributed by atoms with Gasteiger partial charge in [0.05, 0.1) is 11.9 Å². The Morgan fingerprint density at radius 1 is 1.15 bits per heavy atom. The lowest BCUT2D eigenvalue weighted by Crippen LogP contribution is -2.45. The van der Waals surface area contributed by atoms with Gasteiger partial charge in [0, 0.05) is 50.4 Å². The maximum atomic E-state index is 5.96. The molecule has 1 aliphatic rings. The van der Waals surface area contributed by atoms with Gasteiger partial charge < -0.3 is 14.7 Å². The summed E-state index contributed by atoms with van der Waals surface area (Å²) in [6.07, 6.45) is 3.13. The first kappa shape index (κ1) is 18.7. The molecule has 6 nitrogen and oxygen atoms in total. The number of nitrogens with zero attached hydrogens (tertiary/aromatic N) is 6. The van der Waals surface area contributed by atoms with E-state index in [4.69, 9.17) is 21.7 Å². The van der Waals surface area contributed by atoms with Crippen LogP contribution in [0.4, 0.5) is 5.13 Å². The van der Waals surface area contributed by atoms with Crippen LogP contribution in [0.25, 0.3) is 16.2 Å². The largest absolute Gasteiger partial charge is 0.350 e. The highest BCUT2D eigenvalue weighted by Crippen LogP contribution is 2.26. The number of halogens is 1. The maximum absolute atomic E-state index is 5.96. The number of fused-ring (bicyclic) bond motifs is 1. The molecule has 0 unspecified atom stereocenters. The summed E-state index contributed by atoms with van der Waals surface area (Å²) in [5, 5.41) is 6.45. The van der Waals surface area contributed by atoms with Crippen molar-refractivity contribution in [2.45, 2.75) is 6.42 Å². The van der Waals surface area contributed by atoms with Crippen LogP contribution in [0.5, 0.6) is 0 Å². The van der Waals surface area contributed by atoms with Crippen molar-refractivity contribution in [3.63, 3.8) is 0 Å². The Kier molecular flexibility index (Phi) is 5.63. The highest BCUT2D eigenvalue weighted by Gasteiger charge is 2.15. The molecular formula is C19H25ClN6S. The average Bonchev–Trinajstić information content (AvgIpc) is 3.23. The quantitative estimate of drug-likeness (QED) is 0.631. The Labute approximate surface area is 169 Å². The van der Waals surface area contributed by atoms with Crippen LogP contribution < -0.4 is 4.90 Å². The number of aromatic nitrogens is 3. The van der Waals surface area contributed by atoms with Crippen molar-refractivity contribution in [3.05, 3.63) is 35.5 Å². The second kappa shape index (κ2) is 8.14. The Morgan fingerprint density at radius 3 is 2.59 bits per heavy atom. The van der Waals surface area contributed by atoms with E-state index in [2.05, 4.69) is 28.8 Å². The van der Waals surface area contributed by atoms with Crippen molar-refractivity contribution < 1.29 is 0 Å². The number of likely N-dealkylation sites (N-methyl/N-ethyl adjacent to an activating group) is 1. The summed E-state index contributed by atoms with van der Waals surface area (Å²) in [5.41, 5.74) is 1.98. The number of benzene rings is 1. The van der Waals surface area contributed by atoms with Crippen LogP contribution >= 0.6 is 22.9 Å². The van der Waals surface area contributed by atoms with Gasteiger partial charge in [-0.3, -0.25) is 0 Å². The van der Waals surface area contributed by atoms with Crippen molar-refractivity contribution in [1.82, 2.24) is 24.4 Å². The number of hydrogen-bond donors (Lipinski definition) is 0. The Bertz CT molecular complexity index is 850. The van der Waals surface area contributed by atoms with Gasteiger partial charge in [-0.1, -0.05) is 35.1 Å². The fraction of sp³-hybridized carbons (Fsp3) is 0.474. The molecule has 0 radical (unpaired) electrons. The zero-order valence-corrected chi connectivity index (χ0v) is 17.4. The van der Waals surface area contributed by atoms with Crippen molar-refractivity contribution in [3.8, 4) is 11.3 Å². The third-order valence-corrected chi connectivity index (χ3v) is 6.35. The molecule has 0 aliphatic carbocycles. The predicted octanol–water partition coefficient (Wildman–Crippen LogP) is 3.18. The predicted molar refractivity (Wildman–Crippen MR) is 113 cm³/mol. The normalized spacial score (nSPS) is 16.3. The van der Waals surface area contributed by atoms with E-state index in [1.54, 1.807) is 11.3 Å². The zero-order chi connectivity index (χ0) is 18.8. The summed E-state index contributed by atoms with van der Waals surface area (Å²) >= 11 is 7.59. The Balaban J connectivity index is 1.34. The molecule has 3 heterocycles. The van der Waals surface area contributed by atoms with Gasteiger partial charge in [0.25, 0.3) is 0 Å². The average molecular weight is 405 g/mol. The number of imidazole rings is 1. The van der Waals surface area contributed by atoms with E-state index in [1.165, 1.54) is 26.2 Å². The van der Waals surface area contributed by atoms with Crippen LogP contribution in [0.15, 0.2) is 30.5 Å². The van der Waals surface area contributed by atoms with Gasteiger partial charge in [-0.2, -0.15) is 0 Å². The van der Waals surface area contributed by atoms with E-state index in [1.807, 2.05) is 35.0 Å². The second-order valence-corrected chi connectivity index (χ2v) is 8.54. The van der Waals surface area contributed by atoms with E-state index >= 15 is 0 Å². The molecule has 2 aromatic heterocycles. The van der Waals surface area contributed by atoms with Crippen molar-refractivity contribution in [2.75, 3.05) is 58.3 Å². The number of anilines is 1. The molecule has 27 heavy (non-hydrogen) atoms. The molecule has 1 aliphatic heterocycles. The van der Waals surface area contributed by atoms with E-state index in [0.29, 0.717) is 0 Å². The third kappa shape index (κ3) is 4.43. The summed E-state index contributed by atoms with van der Waals surface area (Å²) in [7, 11) is 4.31. The topological polar surface area (TPSA) is 39.9 Å². The molecule has 1 fully saturated rings. The summed E-state index contributed by atoms with van der Waals surface area (Å²) in [4.78, 5) is 12.8. The van der Waals surface area contributed by atoms with Crippen LogP contribution in [0, 0.1) is 0 Å². The lowest BCUT2D eigenvalue weighted by Gasteiger charge is -2.32. The minimum atomic E-state index is 0.735. The lowest BCUT2D eigenvalue weighted by molar-refractivity contribution is 0.153. The Morgan fingerprint density at radius 2 is 1.89 bits per heavy atom. The standard InChI is InChI=1S/C19H25ClN6S/c1-23-10-12-25(13-11-23)9-3-8-24(2)19-22-26-14-17(21-18(26)27-19)15-4-6-16(20)7-5-15/h4-7,14H,3,8-13H2,1-2H3. The summed E-state index contributed by atoms with van der Waals surface area (Å²) < 4.78 is 1.88. The van der Waals surface area contributed by atoms with Gasteiger partial charge in [0.2, 0.25) is 10.1 Å². The second-order valence-electron chi connectivity index (χ2n) is 7.16. The maximum Gasteiger partial charge on any atom is 0.214 e. The van der Waals surface area contributed by atoms with Crippen LogP contribution in [-0.4, -0.2) is 77.8 Å². The molecule has 0 atom stereocenters. The first-order valence-corrected chi connectivity index (χ1v) is 10.5. The molecule has 0 bridgehead atoms. The SMILES string of the molecule is CN1CCN(CCCN(C)c2nn3cc(-c4ccc(Cl)cc4)nc3s2)CC1. The van der Waals surface area contributed by atoms with Crippen LogP contribution in [-0.2, 0) is 0 Å². The van der Waals surface area contributed by atoms with Crippen LogP contribution in [0.1, 0.15) is 6.42 Å². The molecule has 144 valence electrons. The molecule has 0 N–H and O–H groups in total. The Hall–Kier alpha value is -1.67. The van der Waals surface area contributed by atoms with E-state index in [-0.39, 0.29) is 0 Å². The van der Waals surface area contributed by atoms with Gasteiger partial charge in [0.15, 0.2) is 0 Å².